The molecule has 2 atom stereocenters. The molecule has 2 amide bonds. The van der Waals surface area contributed by atoms with Gasteiger partial charge in [-0.15, -0.1) is 0 Å². The van der Waals surface area contributed by atoms with Gasteiger partial charge in [0.25, 0.3) is 11.8 Å². The van der Waals surface area contributed by atoms with Crippen LogP contribution in [0, 0.1) is 5.92 Å². The fourth-order valence-corrected chi connectivity index (χ4v) is 3.31. The van der Waals surface area contributed by atoms with E-state index in [1.54, 1.807) is 55.6 Å². The summed E-state index contributed by atoms with van der Waals surface area (Å²) in [6.45, 7) is 4.09. The third-order valence-corrected chi connectivity index (χ3v) is 5.01. The lowest BCUT2D eigenvalue weighted by molar-refractivity contribution is -0.127. The Labute approximate surface area is 198 Å². The highest BCUT2D eigenvalue weighted by Gasteiger charge is 2.26. The van der Waals surface area contributed by atoms with Gasteiger partial charge in [-0.2, -0.15) is 0 Å². The van der Waals surface area contributed by atoms with Gasteiger partial charge in [0.1, 0.15) is 5.75 Å². The molecule has 9 heteroatoms. The Morgan fingerprint density at radius 3 is 2.27 bits per heavy atom. The standard InChI is InChI=1S/C21H23ClN2O4.C3H8O2/c1-27-16-8-6-15(7-9-16)20(25)23-11-14-10-17(28-13-14)12-24-21(26)18-4-2-3-5-19(18)22;1-3(2,4)5/h2-9,14,17H,10-13H2,1H3,(H,23,25)(H,24,26);4-5H,1-2H3. The van der Waals surface area contributed by atoms with Gasteiger partial charge in [-0.3, -0.25) is 9.59 Å². The number of aliphatic hydroxyl groups is 2. The van der Waals surface area contributed by atoms with Crippen molar-refractivity contribution in [3.8, 4) is 5.75 Å². The minimum Gasteiger partial charge on any atom is -0.497 e. The number of ether oxygens (including phenoxy) is 2. The molecule has 1 saturated heterocycles. The average molecular weight is 479 g/mol. The van der Waals surface area contributed by atoms with Crippen molar-refractivity contribution >= 4 is 23.4 Å². The van der Waals surface area contributed by atoms with Crippen LogP contribution in [0.3, 0.4) is 0 Å². The van der Waals surface area contributed by atoms with Crippen LogP contribution in [0.4, 0.5) is 0 Å². The van der Waals surface area contributed by atoms with Gasteiger partial charge in [-0.25, -0.2) is 0 Å². The Kier molecular flexibility index (Phi) is 10.1. The Bertz CT molecular complexity index is 908. The van der Waals surface area contributed by atoms with Gasteiger partial charge in [-0.05, 0) is 56.7 Å². The van der Waals surface area contributed by atoms with E-state index in [9.17, 15) is 9.59 Å². The zero-order valence-corrected chi connectivity index (χ0v) is 19.8. The highest BCUT2D eigenvalue weighted by Crippen LogP contribution is 2.20. The summed E-state index contributed by atoms with van der Waals surface area (Å²) in [4.78, 5) is 24.4. The topological polar surface area (TPSA) is 117 Å². The first-order valence-electron chi connectivity index (χ1n) is 10.6. The monoisotopic (exact) mass is 478 g/mol. The molecule has 1 heterocycles. The Morgan fingerprint density at radius 1 is 1.06 bits per heavy atom. The van der Waals surface area contributed by atoms with Crippen molar-refractivity contribution in [1.29, 1.82) is 0 Å². The number of halogens is 1. The van der Waals surface area contributed by atoms with Crippen LogP contribution in [0.15, 0.2) is 48.5 Å². The van der Waals surface area contributed by atoms with Crippen molar-refractivity contribution in [1.82, 2.24) is 10.6 Å². The van der Waals surface area contributed by atoms with E-state index < -0.39 is 5.79 Å². The van der Waals surface area contributed by atoms with Crippen molar-refractivity contribution in [2.45, 2.75) is 32.2 Å². The van der Waals surface area contributed by atoms with Gasteiger partial charge < -0.3 is 30.3 Å². The second kappa shape index (κ2) is 12.6. The minimum absolute atomic E-state index is 0.0747. The summed E-state index contributed by atoms with van der Waals surface area (Å²) in [5, 5.41) is 22.4. The number of hydrogen-bond donors (Lipinski definition) is 4. The summed E-state index contributed by atoms with van der Waals surface area (Å²) < 4.78 is 10.8. The first kappa shape index (κ1) is 26.6. The van der Waals surface area contributed by atoms with Gasteiger partial charge in [0.05, 0.1) is 30.4 Å². The van der Waals surface area contributed by atoms with E-state index in [0.717, 1.165) is 6.42 Å². The van der Waals surface area contributed by atoms with Crippen LogP contribution >= 0.6 is 11.6 Å². The van der Waals surface area contributed by atoms with Crippen molar-refractivity contribution in [3.63, 3.8) is 0 Å². The van der Waals surface area contributed by atoms with Gasteiger partial charge >= 0.3 is 0 Å². The lowest BCUT2D eigenvalue weighted by Gasteiger charge is -2.12. The van der Waals surface area contributed by atoms with E-state index >= 15 is 0 Å². The molecule has 0 radical (unpaired) electrons. The van der Waals surface area contributed by atoms with Crippen molar-refractivity contribution in [2.75, 3.05) is 26.8 Å². The molecule has 2 aromatic rings. The number of carbonyl (C=O) groups is 2. The molecule has 0 spiro atoms. The first-order valence-corrected chi connectivity index (χ1v) is 11.0. The Balaban J connectivity index is 0.000000696. The van der Waals surface area contributed by atoms with Crippen LogP contribution in [0.5, 0.6) is 5.75 Å². The molecule has 0 bridgehead atoms. The summed E-state index contributed by atoms with van der Waals surface area (Å²) in [7, 11) is 1.59. The fourth-order valence-electron chi connectivity index (χ4n) is 3.09. The van der Waals surface area contributed by atoms with Crippen molar-refractivity contribution < 1.29 is 29.3 Å². The molecule has 0 aliphatic carbocycles. The highest BCUT2D eigenvalue weighted by molar-refractivity contribution is 6.33. The summed E-state index contributed by atoms with van der Waals surface area (Å²) in [6.07, 6.45) is 0.695. The van der Waals surface area contributed by atoms with Gasteiger partial charge in [0.2, 0.25) is 0 Å². The molecule has 8 nitrogen and oxygen atoms in total. The van der Waals surface area contributed by atoms with Crippen molar-refractivity contribution in [2.24, 2.45) is 5.92 Å². The van der Waals surface area contributed by atoms with E-state index in [0.29, 0.717) is 41.6 Å². The summed E-state index contributed by atoms with van der Waals surface area (Å²) in [5.74, 6) is -0.921. The number of methoxy groups -OCH3 is 1. The molecular weight excluding hydrogens is 448 g/mol. The predicted molar refractivity (Wildman–Crippen MR) is 125 cm³/mol. The number of carbonyl (C=O) groups excluding carboxylic acids is 2. The smallest absolute Gasteiger partial charge is 0.252 e. The number of hydrogen-bond acceptors (Lipinski definition) is 6. The van der Waals surface area contributed by atoms with Crippen LogP contribution in [0.2, 0.25) is 5.02 Å². The van der Waals surface area contributed by atoms with Crippen LogP contribution < -0.4 is 15.4 Å². The number of rotatable bonds is 7. The molecule has 2 unspecified atom stereocenters. The summed E-state index contributed by atoms with van der Waals surface area (Å²) in [5.41, 5.74) is 1.04. The van der Waals surface area contributed by atoms with Crippen LogP contribution in [0.25, 0.3) is 0 Å². The van der Waals surface area contributed by atoms with E-state index in [4.69, 9.17) is 31.3 Å². The van der Waals surface area contributed by atoms with E-state index in [-0.39, 0.29) is 23.8 Å². The Hall–Kier alpha value is -2.65. The quantitative estimate of drug-likeness (QED) is 0.454. The number of benzene rings is 2. The minimum atomic E-state index is -1.50. The largest absolute Gasteiger partial charge is 0.497 e. The van der Waals surface area contributed by atoms with Gasteiger partial charge in [0.15, 0.2) is 5.79 Å². The van der Waals surface area contributed by atoms with Crippen LogP contribution in [-0.2, 0) is 4.74 Å². The molecule has 33 heavy (non-hydrogen) atoms. The average Bonchev–Trinajstić information content (AvgIpc) is 3.23. The lowest BCUT2D eigenvalue weighted by atomic mass is 10.1. The highest BCUT2D eigenvalue weighted by atomic mass is 35.5. The van der Waals surface area contributed by atoms with Crippen molar-refractivity contribution in [3.05, 3.63) is 64.7 Å². The predicted octanol–water partition coefficient (Wildman–Crippen LogP) is 2.62. The normalized spacial score (nSPS) is 17.5. The molecule has 3 rings (SSSR count). The third kappa shape index (κ3) is 9.79. The summed E-state index contributed by atoms with van der Waals surface area (Å²) in [6, 6.07) is 13.9. The molecule has 2 aromatic carbocycles. The van der Waals surface area contributed by atoms with Gasteiger partial charge in [-0.1, -0.05) is 23.7 Å². The molecule has 0 saturated carbocycles. The molecule has 1 aliphatic heterocycles. The maximum atomic E-state index is 12.2. The molecule has 180 valence electrons. The molecule has 1 aliphatic rings. The molecule has 4 N–H and O–H groups in total. The van der Waals surface area contributed by atoms with E-state index in [1.165, 1.54) is 13.8 Å². The maximum absolute atomic E-state index is 12.2. The second-order valence-electron chi connectivity index (χ2n) is 8.18. The lowest BCUT2D eigenvalue weighted by Crippen LogP contribution is -2.32. The van der Waals surface area contributed by atoms with Crippen LogP contribution in [0.1, 0.15) is 41.0 Å². The number of amides is 2. The van der Waals surface area contributed by atoms with Gasteiger partial charge in [0, 0.05) is 24.6 Å². The first-order chi connectivity index (χ1) is 15.6. The molecule has 1 fully saturated rings. The zero-order valence-electron chi connectivity index (χ0n) is 19.0. The second-order valence-corrected chi connectivity index (χ2v) is 8.59. The fraction of sp³-hybridized carbons (Fsp3) is 0.417. The maximum Gasteiger partial charge on any atom is 0.252 e. The third-order valence-electron chi connectivity index (χ3n) is 4.68. The zero-order chi connectivity index (χ0) is 24.4. The van der Waals surface area contributed by atoms with Crippen LogP contribution in [-0.4, -0.2) is 60.7 Å². The SMILES string of the molecule is CC(C)(O)O.COc1ccc(C(=O)NCC2COC(CNC(=O)c3ccccc3Cl)C2)cc1. The number of nitrogens with one attached hydrogen (secondary N) is 2. The summed E-state index contributed by atoms with van der Waals surface area (Å²) >= 11 is 6.04. The Morgan fingerprint density at radius 2 is 1.67 bits per heavy atom. The molecule has 0 aromatic heterocycles. The van der Waals surface area contributed by atoms with E-state index in [2.05, 4.69) is 10.6 Å². The van der Waals surface area contributed by atoms with E-state index in [1.807, 2.05) is 0 Å². The molecular formula is C24H31ClN2O6.